The van der Waals surface area contributed by atoms with Gasteiger partial charge in [0.15, 0.2) is 0 Å². The van der Waals surface area contributed by atoms with Crippen molar-refractivity contribution in [3.63, 3.8) is 0 Å². The maximum absolute atomic E-state index is 5.52. The third kappa shape index (κ3) is 0.901. The van der Waals surface area contributed by atoms with E-state index in [0.29, 0.717) is 18.3 Å². The van der Waals surface area contributed by atoms with Crippen LogP contribution in [-0.2, 0) is 14.2 Å². The molecule has 4 rings (SSSR count). The maximum Gasteiger partial charge on any atom is 0.0920 e. The van der Waals surface area contributed by atoms with Gasteiger partial charge in [-0.05, 0) is 18.8 Å². The van der Waals surface area contributed by atoms with Gasteiger partial charge in [-0.2, -0.15) is 0 Å². The largest absolute Gasteiger partial charge is 0.372 e. The number of hydrogen-bond acceptors (Lipinski definition) is 3. The van der Waals surface area contributed by atoms with Crippen LogP contribution < -0.4 is 0 Å². The van der Waals surface area contributed by atoms with Gasteiger partial charge in [0.05, 0.1) is 43.5 Å². The summed E-state index contributed by atoms with van der Waals surface area (Å²) in [4.78, 5) is 0. The fraction of sp³-hybridized carbons (Fsp3) is 1.00. The molecule has 3 saturated heterocycles. The second-order valence-corrected chi connectivity index (χ2v) is 4.74. The van der Waals surface area contributed by atoms with E-state index < -0.39 is 0 Å². The van der Waals surface area contributed by atoms with Crippen LogP contribution in [0.3, 0.4) is 0 Å². The third-order valence-corrected chi connectivity index (χ3v) is 3.96. The summed E-state index contributed by atoms with van der Waals surface area (Å²) in [6.45, 7) is 2.82. The average Bonchev–Trinajstić information content (AvgIpc) is 3.00. The molecule has 0 N–H and O–H groups in total. The fourth-order valence-electron chi connectivity index (χ4n) is 3.00. The molecule has 3 unspecified atom stereocenters. The van der Waals surface area contributed by atoms with Crippen molar-refractivity contribution in [2.75, 3.05) is 19.8 Å². The summed E-state index contributed by atoms with van der Waals surface area (Å²) in [5.74, 6) is 0.833. The Kier molecular flexibility index (Phi) is 1.16. The van der Waals surface area contributed by atoms with Gasteiger partial charge in [-0.1, -0.05) is 0 Å². The minimum absolute atomic E-state index is 0.278. The Bertz CT molecular complexity index is 183. The Morgan fingerprint density at radius 2 is 1.15 bits per heavy atom. The highest BCUT2D eigenvalue weighted by atomic mass is 16.6. The first-order valence-corrected chi connectivity index (χ1v) is 5.27. The molecule has 0 aromatic heterocycles. The van der Waals surface area contributed by atoms with Crippen LogP contribution in [0.4, 0.5) is 0 Å². The first-order valence-electron chi connectivity index (χ1n) is 5.27. The molecule has 3 atom stereocenters. The highest BCUT2D eigenvalue weighted by Crippen LogP contribution is 2.62. The smallest absolute Gasteiger partial charge is 0.0920 e. The van der Waals surface area contributed by atoms with Crippen molar-refractivity contribution in [3.8, 4) is 0 Å². The number of epoxide rings is 3. The van der Waals surface area contributed by atoms with Crippen LogP contribution in [0, 0.1) is 11.3 Å². The van der Waals surface area contributed by atoms with E-state index >= 15 is 0 Å². The third-order valence-electron chi connectivity index (χ3n) is 3.96. The van der Waals surface area contributed by atoms with Gasteiger partial charge in [0, 0.05) is 0 Å². The van der Waals surface area contributed by atoms with Crippen LogP contribution in [0.1, 0.15) is 12.8 Å². The summed E-state index contributed by atoms with van der Waals surface area (Å²) in [7, 11) is 0. The lowest BCUT2D eigenvalue weighted by molar-refractivity contribution is 0.0744. The predicted octanol–water partition coefficient (Wildman–Crippen LogP) is 0.579. The van der Waals surface area contributed by atoms with Gasteiger partial charge in [0.25, 0.3) is 0 Å². The van der Waals surface area contributed by atoms with Crippen LogP contribution in [0.2, 0.25) is 0 Å². The number of hydrogen-bond donors (Lipinski definition) is 0. The summed E-state index contributed by atoms with van der Waals surface area (Å²) in [6.07, 6.45) is 4.10. The highest BCUT2D eigenvalue weighted by Gasteiger charge is 2.70. The van der Waals surface area contributed by atoms with Crippen LogP contribution in [-0.4, -0.2) is 38.1 Å². The Balaban J connectivity index is 1.71. The molecule has 1 saturated carbocycles. The topological polar surface area (TPSA) is 37.6 Å². The van der Waals surface area contributed by atoms with Crippen molar-refractivity contribution >= 4 is 0 Å². The van der Waals surface area contributed by atoms with Gasteiger partial charge >= 0.3 is 0 Å². The van der Waals surface area contributed by atoms with Gasteiger partial charge in [-0.3, -0.25) is 0 Å². The molecule has 72 valence electrons. The van der Waals surface area contributed by atoms with Crippen molar-refractivity contribution < 1.29 is 14.2 Å². The summed E-state index contributed by atoms with van der Waals surface area (Å²) in [6, 6.07) is 0. The molecule has 3 heterocycles. The molecule has 3 nitrogen and oxygen atoms in total. The molecule has 0 aromatic rings. The molecule has 0 radical (unpaired) electrons. The maximum atomic E-state index is 5.52. The molecule has 0 amide bonds. The van der Waals surface area contributed by atoms with Crippen molar-refractivity contribution in [3.05, 3.63) is 0 Å². The first-order chi connectivity index (χ1) is 6.42. The molecular weight excluding hydrogens is 168 g/mol. The monoisotopic (exact) mass is 182 g/mol. The molecule has 0 bridgehead atoms. The lowest BCUT2D eigenvalue weighted by Gasteiger charge is -2.28. The SMILES string of the molecule is C1CC1C(C1CO1)(C1CO1)C1CO1. The van der Waals surface area contributed by atoms with Gasteiger partial charge in [-0.25, -0.2) is 0 Å². The van der Waals surface area contributed by atoms with E-state index in [-0.39, 0.29) is 5.41 Å². The standard InChI is InChI=1S/C10H14O3/c1-2-6(1)10(7-3-11-7,8-4-12-8)9-5-13-9/h6-9H,1-5H2. The first kappa shape index (κ1) is 7.21. The normalized spacial score (nSPS) is 51.2. The van der Waals surface area contributed by atoms with Gasteiger partial charge < -0.3 is 14.2 Å². The Labute approximate surface area is 77.3 Å². The second kappa shape index (κ2) is 2.10. The van der Waals surface area contributed by atoms with Crippen LogP contribution in [0.5, 0.6) is 0 Å². The zero-order valence-electron chi connectivity index (χ0n) is 7.57. The Morgan fingerprint density at radius 1 is 0.769 bits per heavy atom. The Hall–Kier alpha value is -0.120. The van der Waals surface area contributed by atoms with Crippen LogP contribution in [0.15, 0.2) is 0 Å². The van der Waals surface area contributed by atoms with E-state index in [0.717, 1.165) is 25.7 Å². The second-order valence-electron chi connectivity index (χ2n) is 4.74. The van der Waals surface area contributed by atoms with Gasteiger partial charge in [-0.15, -0.1) is 0 Å². The quantitative estimate of drug-likeness (QED) is 0.597. The lowest BCUT2D eigenvalue weighted by atomic mass is 9.73. The zero-order chi connectivity index (χ0) is 8.47. The number of ether oxygens (including phenoxy) is 3. The molecule has 4 fully saturated rings. The van der Waals surface area contributed by atoms with E-state index in [1.807, 2.05) is 0 Å². The van der Waals surface area contributed by atoms with E-state index in [4.69, 9.17) is 14.2 Å². The highest BCUT2D eigenvalue weighted by molar-refractivity contribution is 5.16. The average molecular weight is 182 g/mol. The molecule has 13 heavy (non-hydrogen) atoms. The van der Waals surface area contributed by atoms with E-state index in [9.17, 15) is 0 Å². The molecular formula is C10H14O3. The van der Waals surface area contributed by atoms with Crippen molar-refractivity contribution in [1.29, 1.82) is 0 Å². The van der Waals surface area contributed by atoms with E-state index in [1.54, 1.807) is 0 Å². The van der Waals surface area contributed by atoms with E-state index in [1.165, 1.54) is 12.8 Å². The summed E-state index contributed by atoms with van der Waals surface area (Å²) in [5, 5.41) is 0. The van der Waals surface area contributed by atoms with Gasteiger partial charge in [0.2, 0.25) is 0 Å². The molecule has 0 spiro atoms. The van der Waals surface area contributed by atoms with Crippen LogP contribution in [0.25, 0.3) is 0 Å². The summed E-state index contributed by atoms with van der Waals surface area (Å²) in [5.41, 5.74) is 0.278. The van der Waals surface area contributed by atoms with Gasteiger partial charge in [0.1, 0.15) is 0 Å². The molecule has 3 aliphatic heterocycles. The van der Waals surface area contributed by atoms with Crippen molar-refractivity contribution in [2.45, 2.75) is 31.2 Å². The van der Waals surface area contributed by atoms with Crippen molar-refractivity contribution in [1.82, 2.24) is 0 Å². The molecule has 1 aliphatic carbocycles. The minimum atomic E-state index is 0.278. The minimum Gasteiger partial charge on any atom is -0.372 e. The molecule has 4 aliphatic rings. The fourth-order valence-corrected chi connectivity index (χ4v) is 3.00. The molecule has 0 aromatic carbocycles. The zero-order valence-corrected chi connectivity index (χ0v) is 7.57. The van der Waals surface area contributed by atoms with Crippen LogP contribution >= 0.6 is 0 Å². The van der Waals surface area contributed by atoms with Crippen molar-refractivity contribution in [2.24, 2.45) is 11.3 Å². The van der Waals surface area contributed by atoms with E-state index in [2.05, 4.69) is 0 Å². The Morgan fingerprint density at radius 3 is 1.38 bits per heavy atom. The predicted molar refractivity (Wildman–Crippen MR) is 44.4 cm³/mol. The number of rotatable bonds is 4. The molecule has 3 heteroatoms. The summed E-state index contributed by atoms with van der Waals surface area (Å²) < 4.78 is 16.6. The summed E-state index contributed by atoms with van der Waals surface area (Å²) >= 11 is 0. The lowest BCUT2D eigenvalue weighted by Crippen LogP contribution is -2.41.